The third-order valence-corrected chi connectivity index (χ3v) is 6.10. The molecule has 5 N–H and O–H groups in total. The van der Waals surface area contributed by atoms with Crippen molar-refractivity contribution in [3.05, 3.63) is 101 Å². The lowest BCUT2D eigenvalue weighted by Gasteiger charge is -2.14. The number of alkyl halides is 3. The van der Waals surface area contributed by atoms with Crippen LogP contribution in [0.5, 0.6) is 0 Å². The van der Waals surface area contributed by atoms with Gasteiger partial charge in [0.1, 0.15) is 5.82 Å². The first-order valence-electron chi connectivity index (χ1n) is 11.4. The molecule has 7 nitrogen and oxygen atoms in total. The zero-order chi connectivity index (χ0) is 27.7. The minimum absolute atomic E-state index is 0.0105. The Morgan fingerprint density at radius 2 is 1.72 bits per heavy atom. The van der Waals surface area contributed by atoms with Gasteiger partial charge in [-0.15, -0.1) is 0 Å². The van der Waals surface area contributed by atoms with E-state index in [1.54, 1.807) is 30.5 Å². The van der Waals surface area contributed by atoms with Crippen molar-refractivity contribution in [3.8, 4) is 0 Å². The standard InChI is InChI=1S/C27H18ClF4N5O2/c28-20-7-3-14(27(30,31)32)10-23(20)37-26(39)35-17-5-8-21(29)24(13-17)34-16-4-6-18-19(11-15-2-1-9-33-15)25(38)36-22(18)12-16/h1-13,33-34H,(H,36,38)(H2,35,37,39)/b19-11-. The van der Waals surface area contributed by atoms with E-state index in [0.717, 1.165) is 23.9 Å². The fourth-order valence-corrected chi connectivity index (χ4v) is 4.11. The van der Waals surface area contributed by atoms with E-state index in [9.17, 15) is 27.2 Å². The number of H-pyrrole nitrogens is 1. The van der Waals surface area contributed by atoms with Crippen LogP contribution in [0.3, 0.4) is 0 Å². The Hall–Kier alpha value is -4.77. The van der Waals surface area contributed by atoms with Crippen LogP contribution in [0.15, 0.2) is 72.9 Å². The number of amides is 3. The average Bonchev–Trinajstić information content (AvgIpc) is 3.49. The van der Waals surface area contributed by atoms with E-state index in [1.807, 2.05) is 12.1 Å². The largest absolute Gasteiger partial charge is 0.416 e. The molecule has 0 spiro atoms. The first kappa shape index (κ1) is 25.9. The van der Waals surface area contributed by atoms with Gasteiger partial charge < -0.3 is 26.3 Å². The Kier molecular flexibility index (Phi) is 6.75. The van der Waals surface area contributed by atoms with Gasteiger partial charge in [0, 0.05) is 28.8 Å². The van der Waals surface area contributed by atoms with Crippen LogP contribution in [-0.2, 0) is 11.0 Å². The maximum atomic E-state index is 14.6. The number of fused-ring (bicyclic) bond motifs is 1. The van der Waals surface area contributed by atoms with E-state index in [1.165, 1.54) is 12.1 Å². The molecule has 0 aliphatic carbocycles. The summed E-state index contributed by atoms with van der Waals surface area (Å²) in [5.74, 6) is -0.903. The van der Waals surface area contributed by atoms with Crippen LogP contribution in [0.25, 0.3) is 11.6 Å². The van der Waals surface area contributed by atoms with Gasteiger partial charge in [-0.25, -0.2) is 9.18 Å². The number of aromatic amines is 1. The molecule has 2 heterocycles. The highest BCUT2D eigenvalue weighted by molar-refractivity contribution is 6.35. The number of rotatable bonds is 5. The van der Waals surface area contributed by atoms with Crippen LogP contribution in [-0.4, -0.2) is 16.9 Å². The fraction of sp³-hybridized carbons (Fsp3) is 0.0370. The molecule has 12 heteroatoms. The number of carbonyl (C=O) groups is 2. The molecule has 5 rings (SSSR count). The molecule has 1 aliphatic heterocycles. The van der Waals surface area contributed by atoms with Gasteiger partial charge >= 0.3 is 12.2 Å². The van der Waals surface area contributed by atoms with Crippen LogP contribution >= 0.6 is 11.6 Å². The topological polar surface area (TPSA) is 98.1 Å². The number of aromatic nitrogens is 1. The quantitative estimate of drug-likeness (QED) is 0.129. The number of anilines is 5. The third kappa shape index (κ3) is 5.73. The van der Waals surface area contributed by atoms with Gasteiger partial charge in [-0.05, 0) is 66.7 Å². The second-order valence-electron chi connectivity index (χ2n) is 8.49. The highest BCUT2D eigenvalue weighted by Gasteiger charge is 2.31. The smallest absolute Gasteiger partial charge is 0.362 e. The van der Waals surface area contributed by atoms with Crippen molar-refractivity contribution in [1.29, 1.82) is 0 Å². The van der Waals surface area contributed by atoms with Crippen LogP contribution < -0.4 is 21.3 Å². The number of halogens is 5. The van der Waals surface area contributed by atoms with Crippen molar-refractivity contribution in [3.63, 3.8) is 0 Å². The zero-order valence-electron chi connectivity index (χ0n) is 19.7. The third-order valence-electron chi connectivity index (χ3n) is 5.77. The summed E-state index contributed by atoms with van der Waals surface area (Å²) < 4.78 is 53.5. The maximum Gasteiger partial charge on any atom is 0.416 e. The van der Waals surface area contributed by atoms with Gasteiger partial charge in [-0.3, -0.25) is 4.79 Å². The molecule has 0 bridgehead atoms. The van der Waals surface area contributed by atoms with Gasteiger partial charge in [-0.1, -0.05) is 17.7 Å². The normalized spacial score (nSPS) is 13.7. The van der Waals surface area contributed by atoms with Crippen molar-refractivity contribution < 1.29 is 27.2 Å². The maximum absolute atomic E-state index is 14.6. The molecule has 198 valence electrons. The molecule has 0 saturated heterocycles. The monoisotopic (exact) mass is 555 g/mol. The van der Waals surface area contributed by atoms with Crippen LogP contribution in [0, 0.1) is 5.82 Å². The minimum atomic E-state index is -4.62. The fourth-order valence-electron chi connectivity index (χ4n) is 3.94. The number of benzene rings is 3. The van der Waals surface area contributed by atoms with E-state index in [2.05, 4.69) is 26.3 Å². The van der Waals surface area contributed by atoms with E-state index >= 15 is 0 Å². The Labute approximate surface area is 223 Å². The van der Waals surface area contributed by atoms with E-state index in [0.29, 0.717) is 28.6 Å². The van der Waals surface area contributed by atoms with Gasteiger partial charge in [0.15, 0.2) is 0 Å². The van der Waals surface area contributed by atoms with Gasteiger partial charge in [-0.2, -0.15) is 13.2 Å². The first-order chi connectivity index (χ1) is 18.6. The van der Waals surface area contributed by atoms with Gasteiger partial charge in [0.25, 0.3) is 5.91 Å². The minimum Gasteiger partial charge on any atom is -0.362 e. The summed E-state index contributed by atoms with van der Waals surface area (Å²) in [5, 5.41) is 10.3. The number of carbonyl (C=O) groups excluding carboxylic acids is 2. The molecule has 3 aromatic carbocycles. The highest BCUT2D eigenvalue weighted by atomic mass is 35.5. The summed E-state index contributed by atoms with van der Waals surface area (Å²) in [6.45, 7) is 0. The van der Waals surface area contributed by atoms with Crippen molar-refractivity contribution >= 4 is 63.6 Å². The van der Waals surface area contributed by atoms with Crippen LogP contribution in [0.1, 0.15) is 16.8 Å². The summed E-state index contributed by atoms with van der Waals surface area (Å²) in [7, 11) is 0. The molecule has 3 amide bonds. The molecular weight excluding hydrogens is 538 g/mol. The lowest BCUT2D eigenvalue weighted by molar-refractivity contribution is -0.137. The lowest BCUT2D eigenvalue weighted by atomic mass is 10.1. The summed E-state index contributed by atoms with van der Waals surface area (Å²) in [5.41, 5.74) is 1.87. The van der Waals surface area contributed by atoms with Crippen LogP contribution in [0.4, 0.5) is 50.8 Å². The molecule has 1 aromatic heterocycles. The molecule has 4 aromatic rings. The van der Waals surface area contributed by atoms with Gasteiger partial charge in [0.2, 0.25) is 0 Å². The molecule has 39 heavy (non-hydrogen) atoms. The highest BCUT2D eigenvalue weighted by Crippen LogP contribution is 2.36. The number of hydrogen-bond donors (Lipinski definition) is 5. The van der Waals surface area contributed by atoms with E-state index in [4.69, 9.17) is 11.6 Å². The Bertz CT molecular complexity index is 1620. The van der Waals surface area contributed by atoms with Crippen LogP contribution in [0.2, 0.25) is 5.02 Å². The Morgan fingerprint density at radius 3 is 2.46 bits per heavy atom. The number of nitrogens with one attached hydrogen (secondary N) is 5. The lowest BCUT2D eigenvalue weighted by Crippen LogP contribution is -2.20. The van der Waals surface area contributed by atoms with Crippen molar-refractivity contribution in [1.82, 2.24) is 4.98 Å². The molecule has 0 unspecified atom stereocenters. The zero-order valence-corrected chi connectivity index (χ0v) is 20.5. The van der Waals surface area contributed by atoms with Crippen molar-refractivity contribution in [2.24, 2.45) is 0 Å². The Morgan fingerprint density at radius 1 is 0.923 bits per heavy atom. The van der Waals surface area contributed by atoms with Crippen molar-refractivity contribution in [2.75, 3.05) is 21.3 Å². The average molecular weight is 556 g/mol. The Balaban J connectivity index is 1.31. The SMILES string of the molecule is O=C(Nc1ccc(F)c(Nc2ccc3c(c2)NC(=O)/C3=C\c2ccc[nH]2)c1)Nc1cc(C(F)(F)F)ccc1Cl. The predicted molar refractivity (Wildman–Crippen MR) is 143 cm³/mol. The second-order valence-corrected chi connectivity index (χ2v) is 8.90. The summed E-state index contributed by atoms with van der Waals surface area (Å²) >= 11 is 5.92. The molecule has 0 atom stereocenters. The van der Waals surface area contributed by atoms with E-state index in [-0.39, 0.29) is 28.0 Å². The number of hydrogen-bond acceptors (Lipinski definition) is 3. The van der Waals surface area contributed by atoms with Gasteiger partial charge in [0.05, 0.1) is 33.2 Å². The summed E-state index contributed by atoms with van der Waals surface area (Å²) in [6, 6.07) is 14.0. The molecule has 1 aliphatic rings. The number of urea groups is 1. The first-order valence-corrected chi connectivity index (χ1v) is 11.8. The molecule has 0 fully saturated rings. The molecular formula is C27H18ClF4N5O2. The summed E-state index contributed by atoms with van der Waals surface area (Å²) in [6.07, 6.45) is -1.15. The predicted octanol–water partition coefficient (Wildman–Crippen LogP) is 7.71. The molecule has 0 radical (unpaired) electrons. The van der Waals surface area contributed by atoms with E-state index < -0.39 is 23.6 Å². The van der Waals surface area contributed by atoms with Crippen molar-refractivity contribution in [2.45, 2.75) is 6.18 Å². The second kappa shape index (κ2) is 10.2. The molecule has 0 saturated carbocycles. The summed E-state index contributed by atoms with van der Waals surface area (Å²) in [4.78, 5) is 27.9.